The zero-order valence-electron chi connectivity index (χ0n) is 14.4. The van der Waals surface area contributed by atoms with Gasteiger partial charge in [-0.3, -0.25) is 9.69 Å². The fourth-order valence-electron chi connectivity index (χ4n) is 3.24. The van der Waals surface area contributed by atoms with Gasteiger partial charge in [0.25, 0.3) is 5.91 Å². The monoisotopic (exact) mass is 315 g/mol. The molecule has 0 spiro atoms. The highest BCUT2D eigenvalue weighted by atomic mass is 16.2. The van der Waals surface area contributed by atoms with Crippen LogP contribution in [0.25, 0.3) is 5.65 Å². The second kappa shape index (κ2) is 6.28. The molecule has 0 aliphatic carbocycles. The number of aryl methyl sites for hydroxylation is 2. The van der Waals surface area contributed by atoms with E-state index in [9.17, 15) is 4.79 Å². The first-order valence-electron chi connectivity index (χ1n) is 8.29. The highest BCUT2D eigenvalue weighted by Gasteiger charge is 2.25. The van der Waals surface area contributed by atoms with Crippen LogP contribution in [-0.4, -0.2) is 63.0 Å². The average molecular weight is 315 g/mol. The second-order valence-electron chi connectivity index (χ2n) is 6.82. The number of nitrogens with zero attached hydrogens (tertiary/aromatic N) is 5. The lowest BCUT2D eigenvalue weighted by Gasteiger charge is -2.35. The Kier molecular flexibility index (Phi) is 4.35. The summed E-state index contributed by atoms with van der Waals surface area (Å²) in [7, 11) is 0. The Morgan fingerprint density at radius 3 is 2.57 bits per heavy atom. The first-order valence-corrected chi connectivity index (χ1v) is 8.29. The van der Waals surface area contributed by atoms with Crippen LogP contribution in [0.5, 0.6) is 0 Å². The third kappa shape index (κ3) is 3.22. The molecule has 0 unspecified atom stereocenters. The molecule has 6 nitrogen and oxygen atoms in total. The largest absolute Gasteiger partial charge is 0.336 e. The van der Waals surface area contributed by atoms with Crippen molar-refractivity contribution in [1.82, 2.24) is 24.4 Å². The van der Waals surface area contributed by atoms with Crippen molar-refractivity contribution in [3.8, 4) is 0 Å². The molecular formula is C17H25N5O. The summed E-state index contributed by atoms with van der Waals surface area (Å²) >= 11 is 0. The molecule has 0 atom stereocenters. The minimum Gasteiger partial charge on any atom is -0.336 e. The predicted octanol–water partition coefficient (Wildman–Crippen LogP) is 1.76. The van der Waals surface area contributed by atoms with E-state index in [2.05, 4.69) is 28.8 Å². The summed E-state index contributed by atoms with van der Waals surface area (Å²) in [5.41, 5.74) is 3.17. The summed E-state index contributed by atoms with van der Waals surface area (Å²) in [6.45, 7) is 12.9. The third-order valence-electron chi connectivity index (χ3n) is 4.29. The normalized spacial score (nSPS) is 16.5. The maximum absolute atomic E-state index is 12.8. The van der Waals surface area contributed by atoms with E-state index in [0.29, 0.717) is 17.1 Å². The summed E-state index contributed by atoms with van der Waals surface area (Å²) in [6.07, 6.45) is 1.65. The molecule has 6 heteroatoms. The molecule has 1 aliphatic rings. The zero-order valence-corrected chi connectivity index (χ0v) is 14.4. The number of hydrogen-bond donors (Lipinski definition) is 0. The van der Waals surface area contributed by atoms with E-state index in [4.69, 9.17) is 0 Å². The lowest BCUT2D eigenvalue weighted by molar-refractivity contribution is 0.0625. The van der Waals surface area contributed by atoms with Crippen LogP contribution in [0.2, 0.25) is 0 Å². The molecule has 1 saturated heterocycles. The lowest BCUT2D eigenvalue weighted by atomic mass is 10.2. The average Bonchev–Trinajstić information content (AvgIpc) is 2.90. The van der Waals surface area contributed by atoms with Gasteiger partial charge in [-0.1, -0.05) is 13.8 Å². The molecule has 23 heavy (non-hydrogen) atoms. The van der Waals surface area contributed by atoms with Crippen molar-refractivity contribution in [2.75, 3.05) is 32.7 Å². The maximum atomic E-state index is 12.8. The smallest absolute Gasteiger partial charge is 0.259 e. The molecule has 2 aromatic rings. The molecule has 1 aliphatic heterocycles. The Balaban J connectivity index is 1.77. The molecule has 124 valence electrons. The molecule has 0 aromatic carbocycles. The lowest BCUT2D eigenvalue weighted by Crippen LogP contribution is -2.49. The fourth-order valence-corrected chi connectivity index (χ4v) is 3.24. The van der Waals surface area contributed by atoms with Crippen LogP contribution in [0.3, 0.4) is 0 Å². The molecule has 0 saturated carbocycles. The number of fused-ring (bicyclic) bond motifs is 1. The highest BCUT2D eigenvalue weighted by molar-refractivity contribution is 5.99. The minimum absolute atomic E-state index is 0.0432. The van der Waals surface area contributed by atoms with Crippen LogP contribution in [0.15, 0.2) is 12.3 Å². The highest BCUT2D eigenvalue weighted by Crippen LogP contribution is 2.15. The molecule has 1 fully saturated rings. The molecule has 3 heterocycles. The standard InChI is InChI=1S/C17H25N5O/c1-12(2)11-20-5-7-21(8-6-20)17(23)15-10-18-22-14(4)9-13(3)19-16(15)22/h9-10,12H,5-8,11H2,1-4H3. The Hall–Kier alpha value is -1.95. The van der Waals surface area contributed by atoms with E-state index in [1.165, 1.54) is 0 Å². The van der Waals surface area contributed by atoms with Crippen molar-refractivity contribution in [2.24, 2.45) is 5.92 Å². The molecular weight excluding hydrogens is 290 g/mol. The number of carbonyl (C=O) groups excluding carboxylic acids is 1. The van der Waals surface area contributed by atoms with E-state index in [-0.39, 0.29) is 5.91 Å². The summed E-state index contributed by atoms with van der Waals surface area (Å²) in [5, 5.41) is 4.33. The van der Waals surface area contributed by atoms with Gasteiger partial charge in [0, 0.05) is 44.1 Å². The quantitative estimate of drug-likeness (QED) is 0.866. The van der Waals surface area contributed by atoms with Crippen LogP contribution in [-0.2, 0) is 0 Å². The van der Waals surface area contributed by atoms with Crippen molar-refractivity contribution in [3.63, 3.8) is 0 Å². The van der Waals surface area contributed by atoms with Crippen LogP contribution >= 0.6 is 0 Å². The van der Waals surface area contributed by atoms with Gasteiger partial charge in [-0.05, 0) is 25.8 Å². The molecule has 3 rings (SSSR count). The van der Waals surface area contributed by atoms with Crippen molar-refractivity contribution < 1.29 is 4.79 Å². The van der Waals surface area contributed by atoms with Crippen molar-refractivity contribution >= 4 is 11.6 Å². The maximum Gasteiger partial charge on any atom is 0.259 e. The first-order chi connectivity index (χ1) is 11.0. The van der Waals surface area contributed by atoms with Crippen molar-refractivity contribution in [3.05, 3.63) is 29.2 Å². The van der Waals surface area contributed by atoms with Gasteiger partial charge in [0.1, 0.15) is 5.56 Å². The fraction of sp³-hybridized carbons (Fsp3) is 0.588. The first kappa shape index (κ1) is 15.9. The van der Waals surface area contributed by atoms with Crippen molar-refractivity contribution in [2.45, 2.75) is 27.7 Å². The third-order valence-corrected chi connectivity index (χ3v) is 4.29. The Morgan fingerprint density at radius 2 is 1.91 bits per heavy atom. The second-order valence-corrected chi connectivity index (χ2v) is 6.82. The van der Waals surface area contributed by atoms with E-state index < -0.39 is 0 Å². The number of aromatic nitrogens is 3. The summed E-state index contributed by atoms with van der Waals surface area (Å²) in [6, 6.07) is 1.97. The van der Waals surface area contributed by atoms with Crippen LogP contribution < -0.4 is 0 Å². The zero-order chi connectivity index (χ0) is 16.6. The van der Waals surface area contributed by atoms with E-state index in [1.807, 2.05) is 24.8 Å². The van der Waals surface area contributed by atoms with Gasteiger partial charge in [0.05, 0.1) is 6.20 Å². The van der Waals surface area contributed by atoms with Crippen LogP contribution in [0, 0.1) is 19.8 Å². The van der Waals surface area contributed by atoms with E-state index in [1.54, 1.807) is 10.7 Å². The van der Waals surface area contributed by atoms with Gasteiger partial charge >= 0.3 is 0 Å². The molecule has 1 amide bonds. The number of amides is 1. The van der Waals surface area contributed by atoms with Crippen LogP contribution in [0.4, 0.5) is 0 Å². The van der Waals surface area contributed by atoms with E-state index >= 15 is 0 Å². The molecule has 0 bridgehead atoms. The Bertz CT molecular complexity index is 713. The summed E-state index contributed by atoms with van der Waals surface area (Å²) in [4.78, 5) is 21.7. The van der Waals surface area contributed by atoms with Gasteiger partial charge in [0.15, 0.2) is 5.65 Å². The topological polar surface area (TPSA) is 53.7 Å². The summed E-state index contributed by atoms with van der Waals surface area (Å²) in [5.74, 6) is 0.703. The number of carbonyl (C=O) groups is 1. The van der Waals surface area contributed by atoms with E-state index in [0.717, 1.165) is 44.1 Å². The molecule has 2 aromatic heterocycles. The van der Waals surface area contributed by atoms with Gasteiger partial charge < -0.3 is 4.90 Å². The molecule has 0 N–H and O–H groups in total. The number of hydrogen-bond acceptors (Lipinski definition) is 4. The van der Waals surface area contributed by atoms with Gasteiger partial charge in [-0.15, -0.1) is 0 Å². The number of rotatable bonds is 3. The van der Waals surface area contributed by atoms with Gasteiger partial charge in [-0.25, -0.2) is 9.50 Å². The SMILES string of the molecule is Cc1cc(C)n2ncc(C(=O)N3CCN(CC(C)C)CC3)c2n1. The van der Waals surface area contributed by atoms with Crippen molar-refractivity contribution in [1.29, 1.82) is 0 Å². The van der Waals surface area contributed by atoms with Gasteiger partial charge in [-0.2, -0.15) is 5.10 Å². The Morgan fingerprint density at radius 1 is 1.22 bits per heavy atom. The summed E-state index contributed by atoms with van der Waals surface area (Å²) < 4.78 is 1.75. The van der Waals surface area contributed by atoms with Gasteiger partial charge in [0.2, 0.25) is 0 Å². The van der Waals surface area contributed by atoms with Crippen LogP contribution in [0.1, 0.15) is 35.6 Å². The predicted molar refractivity (Wildman–Crippen MR) is 89.6 cm³/mol. The number of piperazine rings is 1. The Labute approximate surface area is 137 Å². The minimum atomic E-state index is 0.0432. The molecule has 0 radical (unpaired) electrons.